The number of alkyl halides is 3. The molecule has 0 aliphatic rings. The molecule has 1 rings (SSSR count). The predicted octanol–water partition coefficient (Wildman–Crippen LogP) is 2.41. The van der Waals surface area contributed by atoms with Crippen molar-refractivity contribution in [3.8, 4) is 0 Å². The fraction of sp³-hybridized carbons (Fsp3) is 0.364. The summed E-state index contributed by atoms with van der Waals surface area (Å²) >= 11 is 5.91. The summed E-state index contributed by atoms with van der Waals surface area (Å²) in [7, 11) is 1.40. The minimum atomic E-state index is -4.29. The number of hydrogen-bond donors (Lipinski definition) is 2. The van der Waals surface area contributed by atoms with Crippen LogP contribution in [-0.2, 0) is 0 Å². The fourth-order valence-electron chi connectivity index (χ4n) is 1.60. The molecule has 0 atom stereocenters. The van der Waals surface area contributed by atoms with Crippen molar-refractivity contribution in [1.82, 2.24) is 0 Å². The number of anilines is 2. The lowest BCUT2D eigenvalue weighted by molar-refractivity contribution is -0.132. The topological polar surface area (TPSA) is 72.3 Å². The molecule has 8 heteroatoms. The lowest BCUT2D eigenvalue weighted by Gasteiger charge is -2.23. The number of benzene rings is 1. The molecular formula is C11H13ClF3N3O. The van der Waals surface area contributed by atoms with Crippen molar-refractivity contribution >= 4 is 28.9 Å². The van der Waals surface area contributed by atoms with Gasteiger partial charge in [0.2, 0.25) is 0 Å². The third kappa shape index (κ3) is 4.20. The number of carbonyl (C=O) groups excluding carboxylic acids is 1. The number of halogens is 4. The Morgan fingerprint density at radius 1 is 1.42 bits per heavy atom. The molecule has 0 aromatic heterocycles. The van der Waals surface area contributed by atoms with Crippen molar-refractivity contribution in [1.29, 1.82) is 0 Å². The smallest absolute Gasteiger partial charge is 0.390 e. The summed E-state index contributed by atoms with van der Waals surface area (Å²) in [4.78, 5) is 12.5. The van der Waals surface area contributed by atoms with Crippen LogP contribution in [0.1, 0.15) is 16.8 Å². The molecule has 19 heavy (non-hydrogen) atoms. The van der Waals surface area contributed by atoms with Crippen LogP contribution in [-0.4, -0.2) is 25.7 Å². The van der Waals surface area contributed by atoms with Gasteiger partial charge in [-0.1, -0.05) is 11.6 Å². The van der Waals surface area contributed by atoms with Gasteiger partial charge in [0, 0.05) is 19.3 Å². The summed E-state index contributed by atoms with van der Waals surface area (Å²) in [6.07, 6.45) is -5.32. The average molecular weight is 296 g/mol. The lowest BCUT2D eigenvalue weighted by Crippen LogP contribution is -2.27. The molecule has 0 aliphatic heterocycles. The van der Waals surface area contributed by atoms with Crippen molar-refractivity contribution in [2.75, 3.05) is 24.2 Å². The highest BCUT2D eigenvalue weighted by Crippen LogP contribution is 2.32. The van der Waals surface area contributed by atoms with Crippen molar-refractivity contribution in [2.24, 2.45) is 5.73 Å². The Labute approximate surface area is 113 Å². The minimum Gasteiger partial charge on any atom is -0.399 e. The van der Waals surface area contributed by atoms with Crippen LogP contribution < -0.4 is 16.4 Å². The number of carbonyl (C=O) groups is 1. The molecule has 0 heterocycles. The standard InChI is InChI=1S/C11H13ClF3N3O/c1-18(3-2-11(13,14)15)9-7(10(17)19)4-6(16)5-8(9)12/h4-5H,2-3,16H2,1H3,(H2,17,19). The monoisotopic (exact) mass is 295 g/mol. The molecule has 106 valence electrons. The SMILES string of the molecule is CN(CCC(F)(F)F)c1c(Cl)cc(N)cc1C(N)=O. The Morgan fingerprint density at radius 3 is 2.47 bits per heavy atom. The first-order valence-electron chi connectivity index (χ1n) is 5.28. The predicted molar refractivity (Wildman–Crippen MR) is 68.3 cm³/mol. The number of rotatable bonds is 4. The Morgan fingerprint density at radius 2 is 2.00 bits per heavy atom. The van der Waals surface area contributed by atoms with Gasteiger partial charge < -0.3 is 16.4 Å². The van der Waals surface area contributed by atoms with Crippen LogP contribution in [0, 0.1) is 0 Å². The largest absolute Gasteiger partial charge is 0.399 e. The summed E-state index contributed by atoms with van der Waals surface area (Å²) in [5.74, 6) is -0.803. The van der Waals surface area contributed by atoms with Gasteiger partial charge in [-0.2, -0.15) is 13.2 Å². The Kier molecular flexibility index (Phi) is 4.52. The Balaban J connectivity index is 3.08. The van der Waals surface area contributed by atoms with E-state index in [1.807, 2.05) is 0 Å². The van der Waals surface area contributed by atoms with Crippen LogP contribution in [0.2, 0.25) is 5.02 Å². The number of amides is 1. The summed E-state index contributed by atoms with van der Waals surface area (Å²) in [6, 6.07) is 2.64. The van der Waals surface area contributed by atoms with Gasteiger partial charge in [0.05, 0.1) is 22.7 Å². The van der Waals surface area contributed by atoms with E-state index in [9.17, 15) is 18.0 Å². The average Bonchev–Trinajstić information content (AvgIpc) is 2.23. The summed E-state index contributed by atoms with van der Waals surface area (Å²) in [5.41, 5.74) is 11.0. The zero-order valence-electron chi connectivity index (χ0n) is 10.1. The highest BCUT2D eigenvalue weighted by molar-refractivity contribution is 6.34. The summed E-state index contributed by atoms with van der Waals surface area (Å²) in [5, 5.41) is 0.0819. The van der Waals surface area contributed by atoms with Crippen LogP contribution in [0.4, 0.5) is 24.5 Å². The number of nitrogen functional groups attached to an aromatic ring is 1. The maximum Gasteiger partial charge on any atom is 0.390 e. The van der Waals surface area contributed by atoms with Crippen LogP contribution >= 0.6 is 11.6 Å². The Bertz CT molecular complexity index is 491. The number of nitrogens with two attached hydrogens (primary N) is 2. The van der Waals surface area contributed by atoms with E-state index in [0.29, 0.717) is 0 Å². The van der Waals surface area contributed by atoms with Crippen molar-refractivity contribution in [3.63, 3.8) is 0 Å². The molecule has 0 fully saturated rings. The third-order valence-electron chi connectivity index (χ3n) is 2.46. The second-order valence-corrected chi connectivity index (χ2v) is 4.46. The van der Waals surface area contributed by atoms with E-state index < -0.39 is 18.5 Å². The second-order valence-electron chi connectivity index (χ2n) is 4.05. The zero-order valence-corrected chi connectivity index (χ0v) is 10.8. The van der Waals surface area contributed by atoms with E-state index in [-0.39, 0.29) is 28.5 Å². The molecular weight excluding hydrogens is 283 g/mol. The quantitative estimate of drug-likeness (QED) is 0.838. The van der Waals surface area contributed by atoms with E-state index in [0.717, 1.165) is 0 Å². The second kappa shape index (κ2) is 5.56. The molecule has 4 nitrogen and oxygen atoms in total. The molecule has 0 unspecified atom stereocenters. The van der Waals surface area contributed by atoms with E-state index in [4.69, 9.17) is 23.1 Å². The molecule has 1 amide bonds. The highest BCUT2D eigenvalue weighted by atomic mass is 35.5. The zero-order chi connectivity index (χ0) is 14.8. The maximum atomic E-state index is 12.2. The first kappa shape index (κ1) is 15.4. The van der Waals surface area contributed by atoms with E-state index >= 15 is 0 Å². The molecule has 0 saturated heterocycles. The summed E-state index contributed by atoms with van der Waals surface area (Å²) in [6.45, 7) is -0.340. The van der Waals surface area contributed by atoms with Gasteiger partial charge in [-0.05, 0) is 12.1 Å². The van der Waals surface area contributed by atoms with Crippen molar-refractivity contribution in [3.05, 3.63) is 22.7 Å². The van der Waals surface area contributed by atoms with Crippen molar-refractivity contribution in [2.45, 2.75) is 12.6 Å². The highest BCUT2D eigenvalue weighted by Gasteiger charge is 2.28. The first-order valence-corrected chi connectivity index (χ1v) is 5.66. The van der Waals surface area contributed by atoms with Gasteiger partial charge in [-0.15, -0.1) is 0 Å². The fourth-order valence-corrected chi connectivity index (χ4v) is 1.97. The van der Waals surface area contributed by atoms with Crippen LogP contribution in [0.25, 0.3) is 0 Å². The number of hydrogen-bond acceptors (Lipinski definition) is 3. The Hall–Kier alpha value is -1.63. The minimum absolute atomic E-state index is 0.00493. The molecule has 1 aromatic carbocycles. The van der Waals surface area contributed by atoms with Crippen LogP contribution in [0.15, 0.2) is 12.1 Å². The third-order valence-corrected chi connectivity index (χ3v) is 2.75. The normalized spacial score (nSPS) is 11.4. The van der Waals surface area contributed by atoms with E-state index in [2.05, 4.69) is 0 Å². The summed E-state index contributed by atoms with van der Waals surface area (Å²) < 4.78 is 36.6. The lowest BCUT2D eigenvalue weighted by atomic mass is 10.1. The van der Waals surface area contributed by atoms with Crippen molar-refractivity contribution < 1.29 is 18.0 Å². The van der Waals surface area contributed by atoms with E-state index in [1.54, 1.807) is 0 Å². The van der Waals surface area contributed by atoms with Gasteiger partial charge >= 0.3 is 6.18 Å². The molecule has 4 N–H and O–H groups in total. The molecule has 0 radical (unpaired) electrons. The van der Waals surface area contributed by atoms with E-state index in [1.165, 1.54) is 24.1 Å². The molecule has 0 spiro atoms. The first-order chi connectivity index (χ1) is 8.61. The molecule has 0 bridgehead atoms. The van der Waals surface area contributed by atoms with Crippen LogP contribution in [0.5, 0.6) is 0 Å². The van der Waals surface area contributed by atoms with Gasteiger partial charge in [-0.25, -0.2) is 0 Å². The maximum absolute atomic E-state index is 12.2. The van der Waals surface area contributed by atoms with Gasteiger partial charge in [0.1, 0.15) is 0 Å². The molecule has 0 saturated carbocycles. The van der Waals surface area contributed by atoms with Gasteiger partial charge in [0.15, 0.2) is 0 Å². The van der Waals surface area contributed by atoms with Gasteiger partial charge in [0.25, 0.3) is 5.91 Å². The van der Waals surface area contributed by atoms with Crippen LogP contribution in [0.3, 0.4) is 0 Å². The number of primary amides is 1. The number of nitrogens with zero attached hydrogens (tertiary/aromatic N) is 1. The van der Waals surface area contributed by atoms with Gasteiger partial charge in [-0.3, -0.25) is 4.79 Å². The molecule has 0 aliphatic carbocycles. The molecule has 1 aromatic rings.